The van der Waals surface area contributed by atoms with Crippen LogP contribution in [0.1, 0.15) is 19.3 Å². The molecule has 4 heteroatoms. The van der Waals surface area contributed by atoms with Crippen LogP contribution in [0, 0.1) is 0 Å². The van der Waals surface area contributed by atoms with Crippen molar-refractivity contribution in [1.82, 2.24) is 0 Å². The van der Waals surface area contributed by atoms with Gasteiger partial charge in [0.1, 0.15) is 0 Å². The van der Waals surface area contributed by atoms with E-state index in [4.69, 9.17) is 15.9 Å². The Balaban J connectivity index is 3.25. The van der Waals surface area contributed by atoms with Gasteiger partial charge in [-0.05, 0) is 12.8 Å². The van der Waals surface area contributed by atoms with Crippen molar-refractivity contribution in [2.45, 2.75) is 25.3 Å². The minimum absolute atomic E-state index is 0.0139. The largest absolute Gasteiger partial charge is 0.481 e. The van der Waals surface area contributed by atoms with Crippen molar-refractivity contribution in [3.63, 3.8) is 0 Å². The maximum atomic E-state index is 10.0. The van der Waals surface area contributed by atoms with Crippen molar-refractivity contribution < 1.29 is 15.0 Å². The van der Waals surface area contributed by atoms with Gasteiger partial charge in [0.05, 0.1) is 6.42 Å². The molecule has 0 aromatic heterocycles. The van der Waals surface area contributed by atoms with Crippen LogP contribution < -0.4 is 5.73 Å². The van der Waals surface area contributed by atoms with Gasteiger partial charge in [0.15, 0.2) is 0 Å². The molecule has 0 aromatic carbocycles. The van der Waals surface area contributed by atoms with Gasteiger partial charge in [0, 0.05) is 12.6 Å². The van der Waals surface area contributed by atoms with Crippen LogP contribution in [-0.4, -0.2) is 28.8 Å². The van der Waals surface area contributed by atoms with E-state index in [1.807, 2.05) is 0 Å². The van der Waals surface area contributed by atoms with Crippen molar-refractivity contribution in [3.05, 3.63) is 0 Å². The van der Waals surface area contributed by atoms with Crippen LogP contribution in [-0.2, 0) is 4.79 Å². The van der Waals surface area contributed by atoms with Crippen LogP contribution in [0.25, 0.3) is 0 Å². The third-order valence-corrected chi connectivity index (χ3v) is 1.17. The van der Waals surface area contributed by atoms with E-state index >= 15 is 0 Å². The summed E-state index contributed by atoms with van der Waals surface area (Å²) in [5.41, 5.74) is 5.37. The van der Waals surface area contributed by atoms with Crippen molar-refractivity contribution >= 4 is 5.97 Å². The van der Waals surface area contributed by atoms with Crippen LogP contribution in [0.2, 0.25) is 0 Å². The number of hydrogen-bond donors (Lipinski definition) is 3. The van der Waals surface area contributed by atoms with Gasteiger partial charge in [-0.15, -0.1) is 0 Å². The van der Waals surface area contributed by atoms with Crippen molar-refractivity contribution in [3.8, 4) is 0 Å². The van der Waals surface area contributed by atoms with Gasteiger partial charge in [-0.1, -0.05) is 0 Å². The maximum Gasteiger partial charge on any atom is 0.304 e. The number of rotatable bonds is 5. The molecule has 0 aliphatic carbocycles. The lowest BCUT2D eigenvalue weighted by atomic mass is 10.1. The summed E-state index contributed by atoms with van der Waals surface area (Å²) in [5, 5.41) is 16.6. The fourth-order valence-corrected chi connectivity index (χ4v) is 0.680. The first-order chi connectivity index (χ1) is 4.66. The quantitative estimate of drug-likeness (QED) is 0.492. The monoisotopic (exact) mass is 147 g/mol. The van der Waals surface area contributed by atoms with E-state index in [1.165, 1.54) is 0 Å². The molecule has 0 bridgehead atoms. The maximum absolute atomic E-state index is 10.0. The molecule has 1 atom stereocenters. The molecular formula is C6H13NO3. The highest BCUT2D eigenvalue weighted by molar-refractivity contribution is 5.67. The molecule has 0 aliphatic heterocycles. The number of aliphatic hydroxyl groups excluding tert-OH is 1. The van der Waals surface area contributed by atoms with Crippen LogP contribution in [0.4, 0.5) is 0 Å². The predicted octanol–water partition coefficient (Wildman–Crippen LogP) is -0.439. The second-order valence-electron chi connectivity index (χ2n) is 2.22. The topological polar surface area (TPSA) is 83.5 Å². The Hall–Kier alpha value is -0.610. The zero-order valence-electron chi connectivity index (χ0n) is 5.79. The highest BCUT2D eigenvalue weighted by Gasteiger charge is 2.06. The molecule has 0 aromatic rings. The van der Waals surface area contributed by atoms with Gasteiger partial charge in [0.25, 0.3) is 0 Å². The first-order valence-corrected chi connectivity index (χ1v) is 3.25. The number of nitrogens with two attached hydrogens (primary N) is 1. The molecular weight excluding hydrogens is 134 g/mol. The zero-order chi connectivity index (χ0) is 7.98. The molecule has 0 rings (SSSR count). The second kappa shape index (κ2) is 5.20. The molecule has 0 fully saturated rings. The molecule has 0 amide bonds. The summed E-state index contributed by atoms with van der Waals surface area (Å²) in [7, 11) is 0. The lowest BCUT2D eigenvalue weighted by Gasteiger charge is -2.05. The van der Waals surface area contributed by atoms with Crippen LogP contribution in [0.5, 0.6) is 0 Å². The Kier molecular flexibility index (Phi) is 4.88. The number of carbonyl (C=O) groups is 1. The van der Waals surface area contributed by atoms with Gasteiger partial charge in [0.2, 0.25) is 0 Å². The average Bonchev–Trinajstić information content (AvgIpc) is 1.82. The minimum atomic E-state index is -0.884. The van der Waals surface area contributed by atoms with Crippen molar-refractivity contribution in [2.24, 2.45) is 5.73 Å². The average molecular weight is 147 g/mol. The molecule has 0 saturated heterocycles. The highest BCUT2D eigenvalue weighted by Crippen LogP contribution is 1.97. The van der Waals surface area contributed by atoms with Gasteiger partial charge < -0.3 is 15.9 Å². The molecule has 4 N–H and O–H groups in total. The molecule has 0 heterocycles. The summed E-state index contributed by atoms with van der Waals surface area (Å²) < 4.78 is 0. The van der Waals surface area contributed by atoms with E-state index in [0.29, 0.717) is 12.8 Å². The zero-order valence-corrected chi connectivity index (χ0v) is 5.79. The Morgan fingerprint density at radius 1 is 1.60 bits per heavy atom. The lowest BCUT2D eigenvalue weighted by Crippen LogP contribution is -2.23. The van der Waals surface area contributed by atoms with E-state index in [0.717, 1.165) is 0 Å². The molecule has 60 valence electrons. The Labute approximate surface area is 59.7 Å². The molecule has 4 nitrogen and oxygen atoms in total. The van der Waals surface area contributed by atoms with E-state index < -0.39 is 5.97 Å². The summed E-state index contributed by atoms with van der Waals surface area (Å²) in [5.74, 6) is -0.884. The van der Waals surface area contributed by atoms with Gasteiger partial charge in [-0.3, -0.25) is 4.79 Å². The fourth-order valence-electron chi connectivity index (χ4n) is 0.680. The highest BCUT2D eigenvalue weighted by atomic mass is 16.4. The van der Waals surface area contributed by atoms with Crippen LogP contribution in [0.3, 0.4) is 0 Å². The number of carboxylic acid groups (broad SMARTS) is 1. The normalized spacial score (nSPS) is 13.0. The summed E-state index contributed by atoms with van der Waals surface area (Å²) in [4.78, 5) is 10.0. The molecule has 10 heavy (non-hydrogen) atoms. The second-order valence-corrected chi connectivity index (χ2v) is 2.22. The van der Waals surface area contributed by atoms with Gasteiger partial charge in [-0.25, -0.2) is 0 Å². The molecule has 0 radical (unpaired) electrons. The third kappa shape index (κ3) is 5.53. The first-order valence-electron chi connectivity index (χ1n) is 3.25. The predicted molar refractivity (Wildman–Crippen MR) is 36.5 cm³/mol. The number of aliphatic carboxylic acids is 1. The van der Waals surface area contributed by atoms with Crippen LogP contribution in [0.15, 0.2) is 0 Å². The number of hydrogen-bond acceptors (Lipinski definition) is 3. The van der Waals surface area contributed by atoms with Gasteiger partial charge in [-0.2, -0.15) is 0 Å². The van der Waals surface area contributed by atoms with Crippen molar-refractivity contribution in [1.29, 1.82) is 0 Å². The smallest absolute Gasteiger partial charge is 0.304 e. The van der Waals surface area contributed by atoms with E-state index in [1.54, 1.807) is 0 Å². The number of carboxylic acids is 1. The molecule has 0 spiro atoms. The summed E-state index contributed by atoms with van der Waals surface area (Å²) in [6.07, 6.45) is 1.14. The van der Waals surface area contributed by atoms with Gasteiger partial charge >= 0.3 is 5.97 Å². The summed E-state index contributed by atoms with van der Waals surface area (Å²) in [6.45, 7) is 0.0767. The third-order valence-electron chi connectivity index (χ3n) is 1.17. The minimum Gasteiger partial charge on any atom is -0.481 e. The molecule has 0 aliphatic rings. The first kappa shape index (κ1) is 9.39. The molecule has 0 saturated carbocycles. The molecule has 1 unspecified atom stereocenters. The lowest BCUT2D eigenvalue weighted by molar-refractivity contribution is -0.137. The standard InChI is InChI=1S/C6H13NO3/c7-5(2-1-3-8)4-6(9)10/h5,8H,1-4,7H2,(H,9,10). The van der Waals surface area contributed by atoms with Crippen LogP contribution >= 0.6 is 0 Å². The Morgan fingerprint density at radius 3 is 2.60 bits per heavy atom. The Bertz CT molecular complexity index is 105. The summed E-state index contributed by atoms with van der Waals surface area (Å²) in [6, 6.07) is -0.315. The SMILES string of the molecule is NC(CCCO)CC(=O)O. The number of aliphatic hydroxyl groups is 1. The van der Waals surface area contributed by atoms with Crippen molar-refractivity contribution in [2.75, 3.05) is 6.61 Å². The fraction of sp³-hybridized carbons (Fsp3) is 0.833. The Morgan fingerprint density at radius 2 is 2.20 bits per heavy atom. The van der Waals surface area contributed by atoms with E-state index in [-0.39, 0.29) is 19.1 Å². The van der Waals surface area contributed by atoms with E-state index in [9.17, 15) is 4.79 Å². The van der Waals surface area contributed by atoms with E-state index in [2.05, 4.69) is 0 Å². The summed E-state index contributed by atoms with van der Waals surface area (Å²) >= 11 is 0.